The minimum Gasteiger partial charge on any atom is -0.348 e. The van der Waals surface area contributed by atoms with Crippen molar-refractivity contribution in [2.24, 2.45) is 5.92 Å². The van der Waals surface area contributed by atoms with Gasteiger partial charge in [0.25, 0.3) is 5.91 Å². The number of hydrogen-bond acceptors (Lipinski definition) is 5. The van der Waals surface area contributed by atoms with Gasteiger partial charge >= 0.3 is 0 Å². The molecule has 37 heavy (non-hydrogen) atoms. The molecule has 2 N–H and O–H groups in total. The summed E-state index contributed by atoms with van der Waals surface area (Å²) in [5.74, 6) is -1.18. The van der Waals surface area contributed by atoms with Crippen LogP contribution in [0.25, 0.3) is 0 Å². The van der Waals surface area contributed by atoms with Gasteiger partial charge in [-0.15, -0.1) is 0 Å². The molecule has 11 heteroatoms. The van der Waals surface area contributed by atoms with Gasteiger partial charge in [-0.1, -0.05) is 47.5 Å². The molecule has 1 aliphatic rings. The van der Waals surface area contributed by atoms with E-state index in [1.807, 2.05) is 6.07 Å². The summed E-state index contributed by atoms with van der Waals surface area (Å²) >= 11 is 12.1. The third kappa shape index (κ3) is 7.07. The van der Waals surface area contributed by atoms with Gasteiger partial charge in [0.15, 0.2) is 0 Å². The molecule has 2 aromatic carbocycles. The zero-order valence-electron chi connectivity index (χ0n) is 19.9. The number of halogens is 2. The van der Waals surface area contributed by atoms with E-state index < -0.39 is 10.0 Å². The Morgan fingerprint density at radius 2 is 1.78 bits per heavy atom. The summed E-state index contributed by atoms with van der Waals surface area (Å²) in [5, 5.41) is 6.43. The van der Waals surface area contributed by atoms with Gasteiger partial charge in [-0.25, -0.2) is 12.7 Å². The lowest BCUT2D eigenvalue weighted by Crippen LogP contribution is -2.42. The molecule has 8 nitrogen and oxygen atoms in total. The van der Waals surface area contributed by atoms with Crippen LogP contribution in [-0.4, -0.2) is 42.6 Å². The highest BCUT2D eigenvalue weighted by Crippen LogP contribution is 2.27. The Kier molecular flexibility index (Phi) is 8.81. The number of nitrogens with one attached hydrogen (secondary N) is 2. The first kappa shape index (κ1) is 27.1. The van der Waals surface area contributed by atoms with Gasteiger partial charge in [-0.05, 0) is 54.3 Å². The third-order valence-corrected chi connectivity index (χ3v) is 8.59. The highest BCUT2D eigenvalue weighted by Gasteiger charge is 2.32. The van der Waals surface area contributed by atoms with Crippen LogP contribution in [0.15, 0.2) is 67.0 Å². The number of anilines is 1. The number of aromatic nitrogens is 1. The fourth-order valence-corrected chi connectivity index (χ4v) is 6.28. The van der Waals surface area contributed by atoms with Crippen LogP contribution in [0.4, 0.5) is 5.69 Å². The van der Waals surface area contributed by atoms with Crippen molar-refractivity contribution in [1.29, 1.82) is 0 Å². The van der Waals surface area contributed by atoms with Gasteiger partial charge in [0, 0.05) is 48.0 Å². The minimum absolute atomic E-state index is 0.221. The second-order valence-electron chi connectivity index (χ2n) is 8.74. The van der Waals surface area contributed by atoms with Crippen LogP contribution in [0.1, 0.15) is 34.3 Å². The Balaban J connectivity index is 1.34. The van der Waals surface area contributed by atoms with Crippen LogP contribution in [0.3, 0.4) is 0 Å². The highest BCUT2D eigenvalue weighted by atomic mass is 35.5. The zero-order valence-corrected chi connectivity index (χ0v) is 22.2. The van der Waals surface area contributed by atoms with Crippen molar-refractivity contribution in [3.05, 3.63) is 93.7 Å². The van der Waals surface area contributed by atoms with Gasteiger partial charge in [-0.3, -0.25) is 14.6 Å². The number of rotatable bonds is 8. The molecular weight excluding hydrogens is 535 g/mol. The van der Waals surface area contributed by atoms with Crippen molar-refractivity contribution >= 4 is 50.7 Å². The first-order valence-corrected chi connectivity index (χ1v) is 14.1. The van der Waals surface area contributed by atoms with E-state index in [0.717, 1.165) is 5.56 Å². The molecule has 1 fully saturated rings. The first-order valence-electron chi connectivity index (χ1n) is 11.7. The van der Waals surface area contributed by atoms with Crippen LogP contribution >= 0.6 is 23.2 Å². The molecule has 1 aromatic heterocycles. The molecule has 2 amide bonds. The lowest BCUT2D eigenvalue weighted by Gasteiger charge is -2.30. The van der Waals surface area contributed by atoms with E-state index in [1.165, 1.54) is 10.4 Å². The highest BCUT2D eigenvalue weighted by molar-refractivity contribution is 7.88. The normalized spacial score (nSPS) is 14.8. The van der Waals surface area contributed by atoms with E-state index in [-0.39, 0.29) is 36.6 Å². The Hall–Kier alpha value is -2.98. The smallest absolute Gasteiger partial charge is 0.253 e. The van der Waals surface area contributed by atoms with Crippen molar-refractivity contribution in [2.45, 2.75) is 25.1 Å². The zero-order chi connectivity index (χ0) is 26.4. The van der Waals surface area contributed by atoms with Crippen LogP contribution in [-0.2, 0) is 27.1 Å². The maximum Gasteiger partial charge on any atom is 0.253 e. The largest absolute Gasteiger partial charge is 0.348 e. The molecule has 1 aliphatic heterocycles. The average molecular weight is 561 g/mol. The molecule has 0 aliphatic carbocycles. The lowest BCUT2D eigenvalue weighted by atomic mass is 9.97. The predicted molar refractivity (Wildman–Crippen MR) is 144 cm³/mol. The number of carbonyl (C=O) groups excluding carboxylic acids is 2. The third-order valence-electron chi connectivity index (χ3n) is 6.18. The van der Waals surface area contributed by atoms with Gasteiger partial charge in [0.1, 0.15) is 0 Å². The first-order chi connectivity index (χ1) is 17.7. The number of piperidine rings is 1. The Labute approximate surface area is 226 Å². The fraction of sp³-hybridized carbons (Fsp3) is 0.269. The summed E-state index contributed by atoms with van der Waals surface area (Å²) in [6.07, 6.45) is 4.07. The number of benzene rings is 2. The number of nitrogens with zero attached hydrogens (tertiary/aromatic N) is 2. The molecule has 194 valence electrons. The fourth-order valence-electron chi connectivity index (χ4n) is 4.13. The number of amides is 2. The van der Waals surface area contributed by atoms with Crippen molar-refractivity contribution < 1.29 is 18.0 Å². The number of pyridine rings is 1. The van der Waals surface area contributed by atoms with E-state index in [1.54, 1.807) is 54.9 Å². The molecule has 0 bridgehead atoms. The minimum atomic E-state index is -3.61. The molecule has 0 spiro atoms. The van der Waals surface area contributed by atoms with Crippen LogP contribution in [0.2, 0.25) is 10.0 Å². The van der Waals surface area contributed by atoms with Gasteiger partial charge in [0.05, 0.1) is 17.0 Å². The predicted octanol–water partition coefficient (Wildman–Crippen LogP) is 4.50. The van der Waals surface area contributed by atoms with E-state index in [0.29, 0.717) is 46.2 Å². The summed E-state index contributed by atoms with van der Waals surface area (Å²) in [5.41, 5.74) is 2.09. The molecule has 3 aromatic rings. The molecule has 0 saturated carbocycles. The second-order valence-corrected chi connectivity index (χ2v) is 11.6. The monoisotopic (exact) mass is 560 g/mol. The Morgan fingerprint density at radius 3 is 2.49 bits per heavy atom. The maximum absolute atomic E-state index is 13.0. The summed E-state index contributed by atoms with van der Waals surface area (Å²) in [6, 6.07) is 15.2. The van der Waals surface area contributed by atoms with E-state index in [4.69, 9.17) is 23.2 Å². The Bertz CT molecular complexity index is 1380. The number of hydrogen-bond donors (Lipinski definition) is 2. The van der Waals surface area contributed by atoms with Gasteiger partial charge in [0.2, 0.25) is 15.9 Å². The van der Waals surface area contributed by atoms with Crippen molar-refractivity contribution in [1.82, 2.24) is 14.6 Å². The molecule has 0 atom stereocenters. The molecule has 1 saturated heterocycles. The number of sulfonamides is 1. The Morgan fingerprint density at radius 1 is 1.03 bits per heavy atom. The molecular formula is C26H26Cl2N4O4S. The number of carbonyl (C=O) groups is 2. The lowest BCUT2D eigenvalue weighted by molar-refractivity contribution is -0.120. The second kappa shape index (κ2) is 12.0. The molecule has 0 radical (unpaired) electrons. The quantitative estimate of drug-likeness (QED) is 0.421. The number of para-hydroxylation sites is 1. The van der Waals surface area contributed by atoms with Gasteiger partial charge in [-0.2, -0.15) is 0 Å². The summed E-state index contributed by atoms with van der Waals surface area (Å²) in [4.78, 5) is 29.8. The van der Waals surface area contributed by atoms with Crippen molar-refractivity contribution in [3.63, 3.8) is 0 Å². The summed E-state index contributed by atoms with van der Waals surface area (Å²) in [7, 11) is -3.61. The standard InChI is InChI=1S/C26H26Cl2N4O4S/c27-21-8-7-20(23(28)14-21)17-37(35,36)32-12-9-19(10-13-32)25(33)31-24-6-2-1-5-22(24)26(34)30-16-18-4-3-11-29-15-18/h1-8,11,14-15,19H,9-10,12-13,16-17H2,(H,30,34)(H,31,33). The molecule has 4 rings (SSSR count). The SMILES string of the molecule is O=C(NCc1cccnc1)c1ccccc1NC(=O)C1CCN(S(=O)(=O)Cc2ccc(Cl)cc2Cl)CC1. The van der Waals surface area contributed by atoms with Gasteiger partial charge < -0.3 is 10.6 Å². The average Bonchev–Trinajstić information content (AvgIpc) is 2.90. The molecule has 0 unspecified atom stereocenters. The van der Waals surface area contributed by atoms with E-state index in [2.05, 4.69) is 15.6 Å². The summed E-state index contributed by atoms with van der Waals surface area (Å²) < 4.78 is 27.2. The van der Waals surface area contributed by atoms with E-state index >= 15 is 0 Å². The van der Waals surface area contributed by atoms with Crippen LogP contribution < -0.4 is 10.6 Å². The maximum atomic E-state index is 13.0. The van der Waals surface area contributed by atoms with E-state index in [9.17, 15) is 18.0 Å². The topological polar surface area (TPSA) is 108 Å². The van der Waals surface area contributed by atoms with Crippen LogP contribution in [0.5, 0.6) is 0 Å². The van der Waals surface area contributed by atoms with Crippen molar-refractivity contribution in [3.8, 4) is 0 Å². The summed E-state index contributed by atoms with van der Waals surface area (Å²) in [6.45, 7) is 0.751. The molecule has 2 heterocycles. The van der Waals surface area contributed by atoms with Crippen LogP contribution in [0, 0.1) is 5.92 Å². The van der Waals surface area contributed by atoms with Crippen molar-refractivity contribution in [2.75, 3.05) is 18.4 Å².